The summed E-state index contributed by atoms with van der Waals surface area (Å²) in [5.41, 5.74) is 1.04. The summed E-state index contributed by atoms with van der Waals surface area (Å²) >= 11 is 0. The Labute approximate surface area is 156 Å². The van der Waals surface area contributed by atoms with Crippen molar-refractivity contribution in [3.63, 3.8) is 0 Å². The Bertz CT molecular complexity index is 548. The Balaban J connectivity index is 1.43. The minimum atomic E-state index is -0.220. The maximum Gasteiger partial charge on any atom is 0.224 e. The molecule has 2 saturated heterocycles. The SMILES string of the molecule is O=C(NCc1cccnc1)[C@H]1CCCN(C2CCN(CCCF)CC2)C1. The van der Waals surface area contributed by atoms with E-state index in [-0.39, 0.29) is 18.5 Å². The van der Waals surface area contributed by atoms with Gasteiger partial charge in [0.1, 0.15) is 0 Å². The number of amides is 1. The highest BCUT2D eigenvalue weighted by Gasteiger charge is 2.31. The number of aromatic nitrogens is 1. The third-order valence-corrected chi connectivity index (χ3v) is 5.69. The summed E-state index contributed by atoms with van der Waals surface area (Å²) in [6, 6.07) is 4.45. The molecule has 0 aromatic carbocycles. The van der Waals surface area contributed by atoms with Crippen LogP contribution in [0.1, 0.15) is 37.7 Å². The van der Waals surface area contributed by atoms with E-state index in [1.54, 1.807) is 12.4 Å². The molecule has 2 aliphatic rings. The van der Waals surface area contributed by atoms with Crippen LogP contribution in [0.3, 0.4) is 0 Å². The topological polar surface area (TPSA) is 48.5 Å². The molecule has 2 fully saturated rings. The summed E-state index contributed by atoms with van der Waals surface area (Å²) < 4.78 is 12.3. The molecule has 1 N–H and O–H groups in total. The van der Waals surface area contributed by atoms with E-state index in [1.807, 2.05) is 12.1 Å². The van der Waals surface area contributed by atoms with Crippen molar-refractivity contribution in [2.24, 2.45) is 5.92 Å². The molecular weight excluding hydrogens is 331 g/mol. The zero-order valence-corrected chi connectivity index (χ0v) is 15.6. The predicted octanol–water partition coefficient (Wildman–Crippen LogP) is 2.23. The van der Waals surface area contributed by atoms with Gasteiger partial charge in [-0.3, -0.25) is 19.1 Å². The predicted molar refractivity (Wildman–Crippen MR) is 100 cm³/mol. The number of carbonyl (C=O) groups excluding carboxylic acids is 1. The van der Waals surface area contributed by atoms with Crippen LogP contribution in [0.2, 0.25) is 0 Å². The second kappa shape index (κ2) is 9.97. The zero-order chi connectivity index (χ0) is 18.2. The Morgan fingerprint density at radius 3 is 2.85 bits per heavy atom. The van der Waals surface area contributed by atoms with Gasteiger partial charge in [0.2, 0.25) is 5.91 Å². The van der Waals surface area contributed by atoms with Crippen LogP contribution in [-0.4, -0.2) is 66.1 Å². The zero-order valence-electron chi connectivity index (χ0n) is 15.6. The Morgan fingerprint density at radius 1 is 1.27 bits per heavy atom. The molecule has 5 nitrogen and oxygen atoms in total. The summed E-state index contributed by atoms with van der Waals surface area (Å²) in [5.74, 6) is 0.254. The number of alkyl halides is 1. The van der Waals surface area contributed by atoms with Crippen LogP contribution in [-0.2, 0) is 11.3 Å². The number of carbonyl (C=O) groups is 1. The highest BCUT2D eigenvalue weighted by molar-refractivity contribution is 5.78. The fourth-order valence-corrected chi connectivity index (χ4v) is 4.18. The minimum Gasteiger partial charge on any atom is -0.352 e. The fourth-order valence-electron chi connectivity index (χ4n) is 4.18. The van der Waals surface area contributed by atoms with Crippen molar-refractivity contribution in [1.29, 1.82) is 0 Å². The number of halogens is 1. The van der Waals surface area contributed by atoms with E-state index in [1.165, 1.54) is 0 Å². The molecule has 0 saturated carbocycles. The summed E-state index contributed by atoms with van der Waals surface area (Å²) in [5, 5.41) is 3.07. The first-order chi connectivity index (χ1) is 12.8. The third kappa shape index (κ3) is 5.48. The first-order valence-corrected chi connectivity index (χ1v) is 9.95. The van der Waals surface area contributed by atoms with Crippen LogP contribution in [0, 0.1) is 5.92 Å². The largest absolute Gasteiger partial charge is 0.352 e. The Kier molecular flexibility index (Phi) is 7.38. The minimum absolute atomic E-state index is 0.0880. The van der Waals surface area contributed by atoms with E-state index in [9.17, 15) is 9.18 Å². The van der Waals surface area contributed by atoms with Gasteiger partial charge in [-0.1, -0.05) is 6.07 Å². The molecule has 144 valence electrons. The van der Waals surface area contributed by atoms with Crippen molar-refractivity contribution in [2.45, 2.75) is 44.7 Å². The molecule has 26 heavy (non-hydrogen) atoms. The standard InChI is InChI=1S/C20H31FN4O/c21-8-3-10-24-12-6-19(7-13-24)25-11-2-5-18(16-25)20(26)23-15-17-4-1-9-22-14-17/h1,4,9,14,18-19H,2-3,5-8,10-13,15-16H2,(H,23,26)/t18-/m0/s1. The first-order valence-electron chi connectivity index (χ1n) is 9.95. The summed E-state index contributed by atoms with van der Waals surface area (Å²) in [6.45, 7) is 5.29. The molecule has 1 amide bonds. The van der Waals surface area contributed by atoms with Gasteiger partial charge in [0.15, 0.2) is 0 Å². The monoisotopic (exact) mass is 362 g/mol. The van der Waals surface area contributed by atoms with Crippen molar-refractivity contribution < 1.29 is 9.18 Å². The number of piperidine rings is 2. The molecule has 1 aromatic heterocycles. The van der Waals surface area contributed by atoms with Crippen LogP contribution >= 0.6 is 0 Å². The molecule has 1 aromatic rings. The smallest absolute Gasteiger partial charge is 0.224 e. The highest BCUT2D eigenvalue weighted by Crippen LogP contribution is 2.24. The normalized spacial score (nSPS) is 23.0. The quantitative estimate of drug-likeness (QED) is 0.808. The number of hydrogen-bond acceptors (Lipinski definition) is 4. The first kappa shape index (κ1) is 19.2. The van der Waals surface area contributed by atoms with Gasteiger partial charge in [0, 0.05) is 38.1 Å². The maximum absolute atomic E-state index is 12.6. The maximum atomic E-state index is 12.6. The lowest BCUT2D eigenvalue weighted by molar-refractivity contribution is -0.127. The van der Waals surface area contributed by atoms with Crippen LogP contribution in [0.5, 0.6) is 0 Å². The van der Waals surface area contributed by atoms with Crippen LogP contribution in [0.25, 0.3) is 0 Å². The van der Waals surface area contributed by atoms with E-state index in [0.29, 0.717) is 19.0 Å². The van der Waals surface area contributed by atoms with E-state index >= 15 is 0 Å². The van der Waals surface area contributed by atoms with Gasteiger partial charge in [-0.05, 0) is 63.4 Å². The molecule has 0 radical (unpaired) electrons. The lowest BCUT2D eigenvalue weighted by atomic mass is 9.93. The fraction of sp³-hybridized carbons (Fsp3) is 0.700. The molecule has 0 aliphatic carbocycles. The highest BCUT2D eigenvalue weighted by atomic mass is 19.1. The van der Waals surface area contributed by atoms with Gasteiger partial charge in [0.05, 0.1) is 12.6 Å². The van der Waals surface area contributed by atoms with E-state index < -0.39 is 0 Å². The number of nitrogens with zero attached hydrogens (tertiary/aromatic N) is 3. The van der Waals surface area contributed by atoms with Gasteiger partial charge in [0.25, 0.3) is 0 Å². The lowest BCUT2D eigenvalue weighted by Gasteiger charge is -2.42. The molecule has 0 spiro atoms. The Hall–Kier alpha value is -1.53. The van der Waals surface area contributed by atoms with Gasteiger partial charge < -0.3 is 10.2 Å². The molecule has 3 rings (SSSR count). The van der Waals surface area contributed by atoms with Crippen LogP contribution in [0.4, 0.5) is 4.39 Å². The Morgan fingerprint density at radius 2 is 2.12 bits per heavy atom. The van der Waals surface area contributed by atoms with Crippen LogP contribution < -0.4 is 5.32 Å². The second-order valence-corrected chi connectivity index (χ2v) is 7.53. The van der Waals surface area contributed by atoms with Crippen molar-refractivity contribution in [2.75, 3.05) is 39.4 Å². The third-order valence-electron chi connectivity index (χ3n) is 5.69. The van der Waals surface area contributed by atoms with E-state index in [0.717, 1.165) is 64.0 Å². The van der Waals surface area contributed by atoms with Crippen molar-refractivity contribution in [3.05, 3.63) is 30.1 Å². The van der Waals surface area contributed by atoms with Gasteiger partial charge >= 0.3 is 0 Å². The number of hydrogen-bond donors (Lipinski definition) is 1. The molecule has 0 bridgehead atoms. The number of likely N-dealkylation sites (tertiary alicyclic amines) is 2. The molecule has 6 heteroatoms. The second-order valence-electron chi connectivity index (χ2n) is 7.53. The summed E-state index contributed by atoms with van der Waals surface area (Å²) in [7, 11) is 0. The molecular formula is C20H31FN4O. The van der Waals surface area contributed by atoms with Crippen LogP contribution in [0.15, 0.2) is 24.5 Å². The molecule has 0 unspecified atom stereocenters. The van der Waals surface area contributed by atoms with Gasteiger partial charge in [-0.15, -0.1) is 0 Å². The lowest BCUT2D eigenvalue weighted by Crippen LogP contribution is -2.50. The van der Waals surface area contributed by atoms with Gasteiger partial charge in [-0.25, -0.2) is 0 Å². The van der Waals surface area contributed by atoms with Crippen molar-refractivity contribution >= 4 is 5.91 Å². The number of rotatable bonds is 7. The summed E-state index contributed by atoms with van der Waals surface area (Å²) in [6.07, 6.45) is 8.52. The van der Waals surface area contributed by atoms with E-state index in [2.05, 4.69) is 20.1 Å². The molecule has 3 heterocycles. The summed E-state index contributed by atoms with van der Waals surface area (Å²) in [4.78, 5) is 21.5. The van der Waals surface area contributed by atoms with Gasteiger partial charge in [-0.2, -0.15) is 0 Å². The van der Waals surface area contributed by atoms with Crippen molar-refractivity contribution in [1.82, 2.24) is 20.1 Å². The average molecular weight is 362 g/mol. The van der Waals surface area contributed by atoms with E-state index in [4.69, 9.17) is 0 Å². The molecule has 2 aliphatic heterocycles. The van der Waals surface area contributed by atoms with Crippen molar-refractivity contribution in [3.8, 4) is 0 Å². The number of pyridine rings is 1. The average Bonchev–Trinajstić information content (AvgIpc) is 2.71. The number of nitrogens with one attached hydrogen (secondary N) is 1. The molecule has 1 atom stereocenters.